The predicted octanol–water partition coefficient (Wildman–Crippen LogP) is 7.00. The Bertz CT molecular complexity index is 828. The van der Waals surface area contributed by atoms with E-state index < -0.39 is 11.6 Å². The van der Waals surface area contributed by atoms with E-state index in [1.807, 2.05) is 13.8 Å². The first-order valence-corrected chi connectivity index (χ1v) is 13.9. The third-order valence-electron chi connectivity index (χ3n) is 12.0. The first kappa shape index (κ1) is 26.2. The maximum absolute atomic E-state index is 11.6. The number of carbonyl (C=O) groups is 1. The fourth-order valence-electron chi connectivity index (χ4n) is 10.2. The van der Waals surface area contributed by atoms with Crippen LogP contribution in [0, 0.1) is 39.9 Å². The molecule has 4 aliphatic rings. The van der Waals surface area contributed by atoms with Crippen LogP contribution in [-0.4, -0.2) is 33.5 Å². The summed E-state index contributed by atoms with van der Waals surface area (Å²) in [6.45, 7) is 19.9. The minimum atomic E-state index is -0.798. The van der Waals surface area contributed by atoms with Gasteiger partial charge >= 0.3 is 5.97 Å². The van der Waals surface area contributed by atoms with Crippen molar-refractivity contribution >= 4 is 5.97 Å². The van der Waals surface area contributed by atoms with Crippen LogP contribution < -0.4 is 0 Å². The number of carboxylic acids is 1. The van der Waals surface area contributed by atoms with Gasteiger partial charge in [0.15, 0.2) is 0 Å². The molecule has 0 radical (unpaired) electrons. The smallest absolute Gasteiger partial charge is 0.303 e. The maximum Gasteiger partial charge on any atom is 0.303 e. The largest absolute Gasteiger partial charge is 0.481 e. The van der Waals surface area contributed by atoms with Gasteiger partial charge in [-0.15, -0.1) is 0 Å². The summed E-state index contributed by atoms with van der Waals surface area (Å²) in [6.07, 6.45) is 10.1. The second-order valence-corrected chi connectivity index (χ2v) is 14.2. The highest BCUT2D eigenvalue weighted by Gasteiger charge is 2.68. The van der Waals surface area contributed by atoms with E-state index in [-0.39, 0.29) is 40.3 Å². The SMILES string of the molecule is C=C(C)[C@@H]1CC[C@@](C)([C@H]2CC[C@]3(C)[C@@H]2CC[C@@H]2[C@@](C)(CCC(=O)O)[C@H](C(C)(C)O)CC[C@]23C)O1. The van der Waals surface area contributed by atoms with Gasteiger partial charge in [-0.05, 0) is 125 Å². The average molecular weight is 475 g/mol. The average Bonchev–Trinajstić information content (AvgIpc) is 3.28. The molecule has 3 aliphatic carbocycles. The van der Waals surface area contributed by atoms with Crippen LogP contribution in [0.1, 0.15) is 113 Å². The van der Waals surface area contributed by atoms with Crippen molar-refractivity contribution in [3.63, 3.8) is 0 Å². The quantitative estimate of drug-likeness (QED) is 0.407. The molecule has 0 spiro atoms. The van der Waals surface area contributed by atoms with E-state index >= 15 is 0 Å². The van der Waals surface area contributed by atoms with Gasteiger partial charge in [-0.2, -0.15) is 0 Å². The van der Waals surface area contributed by atoms with Gasteiger partial charge in [0.1, 0.15) is 0 Å². The molecular weight excluding hydrogens is 424 g/mol. The zero-order chi connectivity index (χ0) is 25.3. The van der Waals surface area contributed by atoms with Crippen LogP contribution >= 0.6 is 0 Å². The molecule has 0 unspecified atom stereocenters. The van der Waals surface area contributed by atoms with Crippen molar-refractivity contribution in [2.24, 2.45) is 39.9 Å². The Kier molecular flexibility index (Phi) is 6.42. The molecule has 1 saturated heterocycles. The number of rotatable bonds is 6. The maximum atomic E-state index is 11.6. The van der Waals surface area contributed by atoms with Gasteiger partial charge in [-0.25, -0.2) is 0 Å². The third kappa shape index (κ3) is 3.81. The van der Waals surface area contributed by atoms with E-state index in [0.29, 0.717) is 24.2 Å². The van der Waals surface area contributed by atoms with Gasteiger partial charge in [0, 0.05) is 6.42 Å². The summed E-state index contributed by atoms with van der Waals surface area (Å²) < 4.78 is 6.73. The van der Waals surface area contributed by atoms with E-state index in [9.17, 15) is 15.0 Å². The standard InChI is InChI=1S/C30H50O4/c1-19(2)22-12-18-30(8,34-22)21-11-16-28(6)20(21)9-10-24-27(5,15-14-25(31)32)23(26(3,4)33)13-17-29(24,28)7/h20-24,33H,1,9-18H2,2-8H3,(H,31,32)/t20-,21+,22+,23+,24-,27+,28-,29-,30+/m1/s1. The van der Waals surface area contributed by atoms with E-state index in [4.69, 9.17) is 4.74 Å². The molecule has 9 atom stereocenters. The molecule has 0 aromatic heterocycles. The number of aliphatic carboxylic acids is 1. The number of carboxylic acid groups (broad SMARTS) is 1. The van der Waals surface area contributed by atoms with Crippen molar-refractivity contribution in [2.75, 3.05) is 0 Å². The van der Waals surface area contributed by atoms with Crippen molar-refractivity contribution in [2.45, 2.75) is 130 Å². The van der Waals surface area contributed by atoms with Crippen LogP contribution in [0.25, 0.3) is 0 Å². The van der Waals surface area contributed by atoms with Crippen molar-refractivity contribution in [3.05, 3.63) is 12.2 Å². The number of fused-ring (bicyclic) bond motifs is 3. The molecule has 1 heterocycles. The highest BCUT2D eigenvalue weighted by Crippen LogP contribution is 2.74. The Morgan fingerprint density at radius 2 is 1.62 bits per heavy atom. The Morgan fingerprint density at radius 3 is 2.18 bits per heavy atom. The summed E-state index contributed by atoms with van der Waals surface area (Å²) >= 11 is 0. The van der Waals surface area contributed by atoms with Gasteiger partial charge in [0.25, 0.3) is 0 Å². The Morgan fingerprint density at radius 1 is 0.971 bits per heavy atom. The molecular formula is C30H50O4. The molecule has 4 fully saturated rings. The molecule has 2 N–H and O–H groups in total. The summed E-state index contributed by atoms with van der Waals surface area (Å²) in [5.41, 5.74) is 0.499. The zero-order valence-electron chi connectivity index (χ0n) is 22.9. The van der Waals surface area contributed by atoms with Gasteiger partial charge in [0.2, 0.25) is 0 Å². The van der Waals surface area contributed by atoms with Crippen molar-refractivity contribution in [1.82, 2.24) is 0 Å². The van der Waals surface area contributed by atoms with Crippen molar-refractivity contribution < 1.29 is 19.7 Å². The monoisotopic (exact) mass is 474 g/mol. The first-order chi connectivity index (χ1) is 15.6. The summed E-state index contributed by atoms with van der Waals surface area (Å²) in [5.74, 6) is 1.07. The van der Waals surface area contributed by atoms with E-state index in [1.54, 1.807) is 0 Å². The van der Waals surface area contributed by atoms with Crippen LogP contribution in [-0.2, 0) is 9.53 Å². The highest BCUT2D eigenvalue weighted by molar-refractivity contribution is 5.66. The number of aliphatic hydroxyl groups is 1. The number of hydrogen-bond acceptors (Lipinski definition) is 3. The topological polar surface area (TPSA) is 66.8 Å². The van der Waals surface area contributed by atoms with Crippen LogP contribution in [0.4, 0.5) is 0 Å². The van der Waals surface area contributed by atoms with Crippen molar-refractivity contribution in [3.8, 4) is 0 Å². The second kappa shape index (κ2) is 8.33. The minimum absolute atomic E-state index is 0.0634. The van der Waals surface area contributed by atoms with Crippen LogP contribution in [0.15, 0.2) is 12.2 Å². The lowest BCUT2D eigenvalue weighted by Gasteiger charge is -2.67. The van der Waals surface area contributed by atoms with Crippen LogP contribution in [0.3, 0.4) is 0 Å². The molecule has 0 amide bonds. The van der Waals surface area contributed by atoms with Crippen molar-refractivity contribution in [1.29, 1.82) is 0 Å². The van der Waals surface area contributed by atoms with Gasteiger partial charge in [-0.1, -0.05) is 32.9 Å². The first-order valence-electron chi connectivity index (χ1n) is 13.9. The molecule has 4 rings (SSSR count). The van der Waals surface area contributed by atoms with Gasteiger partial charge in [0.05, 0.1) is 17.3 Å². The van der Waals surface area contributed by atoms with E-state index in [2.05, 4.69) is 41.2 Å². The second-order valence-electron chi connectivity index (χ2n) is 14.2. The van der Waals surface area contributed by atoms with Crippen LogP contribution in [0.2, 0.25) is 0 Å². The fraction of sp³-hybridized carbons (Fsp3) is 0.900. The molecule has 1 aliphatic heterocycles. The molecule has 0 aromatic rings. The summed E-state index contributed by atoms with van der Waals surface area (Å²) in [6, 6.07) is 0. The van der Waals surface area contributed by atoms with Crippen LogP contribution in [0.5, 0.6) is 0 Å². The lowest BCUT2D eigenvalue weighted by molar-refractivity contribution is -0.210. The zero-order valence-corrected chi connectivity index (χ0v) is 22.9. The Labute approximate surface area is 207 Å². The van der Waals surface area contributed by atoms with Gasteiger partial charge < -0.3 is 14.9 Å². The molecule has 4 heteroatoms. The lowest BCUT2D eigenvalue weighted by atomic mass is 9.37. The Balaban J connectivity index is 1.66. The summed E-state index contributed by atoms with van der Waals surface area (Å²) in [4.78, 5) is 11.6. The molecule has 194 valence electrons. The number of hydrogen-bond donors (Lipinski definition) is 2. The minimum Gasteiger partial charge on any atom is -0.481 e. The molecule has 0 bridgehead atoms. The van der Waals surface area contributed by atoms with E-state index in [1.165, 1.54) is 19.3 Å². The Hall–Kier alpha value is -0.870. The van der Waals surface area contributed by atoms with Gasteiger partial charge in [-0.3, -0.25) is 4.79 Å². The molecule has 3 saturated carbocycles. The normalized spacial score (nSPS) is 48.9. The van der Waals surface area contributed by atoms with E-state index in [0.717, 1.165) is 37.7 Å². The third-order valence-corrected chi connectivity index (χ3v) is 12.0. The lowest BCUT2D eigenvalue weighted by Crippen LogP contribution is -2.62. The fourth-order valence-corrected chi connectivity index (χ4v) is 10.2. The molecule has 4 nitrogen and oxygen atoms in total. The number of ether oxygens (including phenoxy) is 1. The molecule has 0 aromatic carbocycles. The highest BCUT2D eigenvalue weighted by atomic mass is 16.5. The summed E-state index contributed by atoms with van der Waals surface area (Å²) in [7, 11) is 0. The summed E-state index contributed by atoms with van der Waals surface area (Å²) in [5, 5.41) is 20.8. The predicted molar refractivity (Wildman–Crippen MR) is 136 cm³/mol. The molecule has 34 heavy (non-hydrogen) atoms.